The maximum Gasteiger partial charge on any atom is 0.121 e. The Labute approximate surface area is 111 Å². The van der Waals surface area contributed by atoms with Gasteiger partial charge in [0, 0.05) is 18.3 Å². The largest absolute Gasteiger partial charge is 0.494 e. The van der Waals surface area contributed by atoms with E-state index in [0.717, 1.165) is 18.9 Å². The van der Waals surface area contributed by atoms with Crippen molar-refractivity contribution in [3.05, 3.63) is 23.8 Å². The minimum atomic E-state index is 0.850. The summed E-state index contributed by atoms with van der Waals surface area (Å²) in [6.45, 7) is 4.19. The molecule has 1 aliphatic heterocycles. The molecule has 1 N–H and O–H groups in total. The molecule has 0 bridgehead atoms. The summed E-state index contributed by atoms with van der Waals surface area (Å²) in [5.41, 5.74) is 2.70. The zero-order valence-electron chi connectivity index (χ0n) is 11.5. The van der Waals surface area contributed by atoms with Gasteiger partial charge in [-0.2, -0.15) is 0 Å². The van der Waals surface area contributed by atoms with E-state index in [-0.39, 0.29) is 0 Å². The first-order chi connectivity index (χ1) is 8.90. The Morgan fingerprint density at radius 1 is 1.17 bits per heavy atom. The number of benzene rings is 1. The van der Waals surface area contributed by atoms with Gasteiger partial charge in [-0.25, -0.2) is 0 Å². The summed E-state index contributed by atoms with van der Waals surface area (Å²) in [6, 6.07) is 6.46. The van der Waals surface area contributed by atoms with Gasteiger partial charge in [-0.15, -0.1) is 0 Å². The fourth-order valence-electron chi connectivity index (χ4n) is 2.43. The molecular formula is C16H25NO. The van der Waals surface area contributed by atoms with Gasteiger partial charge < -0.3 is 10.1 Å². The number of nitrogens with one attached hydrogen (secondary N) is 1. The third-order valence-electron chi connectivity index (χ3n) is 3.54. The molecule has 0 spiro atoms. The van der Waals surface area contributed by atoms with Crippen molar-refractivity contribution in [3.8, 4) is 5.75 Å². The second kappa shape index (κ2) is 7.30. The van der Waals surface area contributed by atoms with Crippen molar-refractivity contribution in [1.82, 2.24) is 0 Å². The average Bonchev–Trinajstić information content (AvgIpc) is 2.42. The van der Waals surface area contributed by atoms with Crippen molar-refractivity contribution in [2.24, 2.45) is 0 Å². The Morgan fingerprint density at radius 3 is 2.94 bits per heavy atom. The van der Waals surface area contributed by atoms with E-state index in [1.165, 1.54) is 56.2 Å². The Kier molecular flexibility index (Phi) is 5.37. The third-order valence-corrected chi connectivity index (χ3v) is 3.54. The number of unbranched alkanes of at least 4 members (excludes halogenated alkanes) is 4. The molecule has 18 heavy (non-hydrogen) atoms. The lowest BCUT2D eigenvalue weighted by atomic mass is 10.0. The molecule has 2 rings (SSSR count). The number of anilines is 1. The van der Waals surface area contributed by atoms with Gasteiger partial charge in [-0.3, -0.25) is 0 Å². The van der Waals surface area contributed by atoms with Crippen molar-refractivity contribution in [2.45, 2.75) is 51.9 Å². The predicted molar refractivity (Wildman–Crippen MR) is 77.5 cm³/mol. The standard InChI is InChI=1S/C16H25NO/c1-2-3-4-5-6-12-18-15-10-9-14-8-7-11-17-16(14)13-15/h9-10,13,17H,2-8,11-12H2,1H3. The highest BCUT2D eigenvalue weighted by molar-refractivity contribution is 5.56. The quantitative estimate of drug-likeness (QED) is 0.721. The van der Waals surface area contributed by atoms with E-state index in [1.807, 2.05) is 0 Å². The summed E-state index contributed by atoms with van der Waals surface area (Å²) in [5, 5.41) is 3.44. The molecule has 0 unspecified atom stereocenters. The number of hydrogen-bond acceptors (Lipinski definition) is 2. The molecule has 1 aromatic carbocycles. The molecule has 2 heteroatoms. The van der Waals surface area contributed by atoms with Gasteiger partial charge in [0.05, 0.1) is 6.61 Å². The second-order valence-electron chi connectivity index (χ2n) is 5.11. The summed E-state index contributed by atoms with van der Waals surface area (Å²) >= 11 is 0. The average molecular weight is 247 g/mol. The van der Waals surface area contributed by atoms with Gasteiger partial charge in [0.15, 0.2) is 0 Å². The molecule has 0 fully saturated rings. The maximum atomic E-state index is 5.81. The lowest BCUT2D eigenvalue weighted by Crippen LogP contribution is -2.11. The second-order valence-corrected chi connectivity index (χ2v) is 5.11. The highest BCUT2D eigenvalue weighted by atomic mass is 16.5. The number of fused-ring (bicyclic) bond motifs is 1. The third kappa shape index (κ3) is 3.94. The fraction of sp³-hybridized carbons (Fsp3) is 0.625. The van der Waals surface area contributed by atoms with Crippen LogP contribution in [0.4, 0.5) is 5.69 Å². The van der Waals surface area contributed by atoms with Crippen LogP contribution in [0.1, 0.15) is 51.0 Å². The molecular weight excluding hydrogens is 222 g/mol. The van der Waals surface area contributed by atoms with Gasteiger partial charge in [-0.05, 0) is 30.9 Å². The normalized spacial score (nSPS) is 13.8. The van der Waals surface area contributed by atoms with Crippen LogP contribution >= 0.6 is 0 Å². The van der Waals surface area contributed by atoms with E-state index < -0.39 is 0 Å². The first-order valence-corrected chi connectivity index (χ1v) is 7.40. The monoisotopic (exact) mass is 247 g/mol. The summed E-state index contributed by atoms with van der Waals surface area (Å²) in [7, 11) is 0. The van der Waals surface area contributed by atoms with Crippen molar-refractivity contribution in [2.75, 3.05) is 18.5 Å². The van der Waals surface area contributed by atoms with Crippen LogP contribution in [0.2, 0.25) is 0 Å². The molecule has 0 atom stereocenters. The zero-order valence-corrected chi connectivity index (χ0v) is 11.5. The lowest BCUT2D eigenvalue weighted by molar-refractivity contribution is 0.304. The van der Waals surface area contributed by atoms with Crippen LogP contribution < -0.4 is 10.1 Å². The topological polar surface area (TPSA) is 21.3 Å². The van der Waals surface area contributed by atoms with Crippen LogP contribution in [0, 0.1) is 0 Å². The minimum Gasteiger partial charge on any atom is -0.494 e. The van der Waals surface area contributed by atoms with E-state index in [4.69, 9.17) is 4.74 Å². The molecule has 1 aromatic rings. The summed E-state index contributed by atoms with van der Waals surface area (Å²) in [5.74, 6) is 1.01. The Hall–Kier alpha value is -1.18. The zero-order chi connectivity index (χ0) is 12.6. The van der Waals surface area contributed by atoms with Crippen LogP contribution in [0.3, 0.4) is 0 Å². The van der Waals surface area contributed by atoms with Crippen molar-refractivity contribution in [1.29, 1.82) is 0 Å². The van der Waals surface area contributed by atoms with E-state index in [9.17, 15) is 0 Å². The molecule has 0 aromatic heterocycles. The summed E-state index contributed by atoms with van der Waals surface area (Å²) in [4.78, 5) is 0. The Bertz CT molecular complexity index is 362. The lowest BCUT2D eigenvalue weighted by Gasteiger charge is -2.18. The molecule has 0 saturated heterocycles. The highest BCUT2D eigenvalue weighted by Gasteiger charge is 2.08. The van der Waals surface area contributed by atoms with Crippen LogP contribution in [0.25, 0.3) is 0 Å². The number of hydrogen-bond donors (Lipinski definition) is 1. The van der Waals surface area contributed by atoms with Crippen molar-refractivity contribution >= 4 is 5.69 Å². The van der Waals surface area contributed by atoms with Gasteiger partial charge >= 0.3 is 0 Å². The minimum absolute atomic E-state index is 0.850. The molecule has 1 aliphatic rings. The molecule has 1 heterocycles. The van der Waals surface area contributed by atoms with E-state index in [1.54, 1.807) is 0 Å². The van der Waals surface area contributed by atoms with Crippen LogP contribution in [-0.2, 0) is 6.42 Å². The highest BCUT2D eigenvalue weighted by Crippen LogP contribution is 2.26. The van der Waals surface area contributed by atoms with Crippen molar-refractivity contribution in [3.63, 3.8) is 0 Å². The van der Waals surface area contributed by atoms with Gasteiger partial charge in [0.2, 0.25) is 0 Å². The van der Waals surface area contributed by atoms with Gasteiger partial charge in [-0.1, -0.05) is 38.7 Å². The molecule has 0 amide bonds. The SMILES string of the molecule is CCCCCCCOc1ccc2c(c1)NCCC2. The van der Waals surface area contributed by atoms with Gasteiger partial charge in [0.1, 0.15) is 5.75 Å². The first kappa shape index (κ1) is 13.3. The van der Waals surface area contributed by atoms with Crippen LogP contribution in [-0.4, -0.2) is 13.2 Å². The Balaban J connectivity index is 1.72. The van der Waals surface area contributed by atoms with E-state index in [2.05, 4.69) is 30.4 Å². The molecule has 0 aliphatic carbocycles. The summed E-state index contributed by atoms with van der Waals surface area (Å²) in [6.07, 6.45) is 8.89. The molecule has 2 nitrogen and oxygen atoms in total. The predicted octanol–water partition coefficient (Wildman–Crippen LogP) is 4.39. The molecule has 100 valence electrons. The smallest absolute Gasteiger partial charge is 0.121 e. The fourth-order valence-corrected chi connectivity index (χ4v) is 2.43. The summed E-state index contributed by atoms with van der Waals surface area (Å²) < 4.78 is 5.81. The first-order valence-electron chi connectivity index (χ1n) is 7.40. The van der Waals surface area contributed by atoms with E-state index >= 15 is 0 Å². The maximum absolute atomic E-state index is 5.81. The number of aryl methyl sites for hydroxylation is 1. The van der Waals surface area contributed by atoms with Crippen LogP contribution in [0.15, 0.2) is 18.2 Å². The van der Waals surface area contributed by atoms with Gasteiger partial charge in [0.25, 0.3) is 0 Å². The Morgan fingerprint density at radius 2 is 2.06 bits per heavy atom. The number of rotatable bonds is 7. The molecule has 0 radical (unpaired) electrons. The van der Waals surface area contributed by atoms with Crippen molar-refractivity contribution < 1.29 is 4.74 Å². The van der Waals surface area contributed by atoms with E-state index in [0.29, 0.717) is 0 Å². The molecule has 0 saturated carbocycles. The van der Waals surface area contributed by atoms with Crippen LogP contribution in [0.5, 0.6) is 5.75 Å². The number of ether oxygens (including phenoxy) is 1.